The Morgan fingerprint density at radius 1 is 0.926 bits per heavy atom. The summed E-state index contributed by atoms with van der Waals surface area (Å²) >= 11 is 5.20. The van der Waals surface area contributed by atoms with Crippen LogP contribution in [0.25, 0.3) is 0 Å². The molecule has 8 heteroatoms. The molecular weight excluding hydrogens is 377 g/mol. The van der Waals surface area contributed by atoms with Gasteiger partial charge in [-0.2, -0.15) is 13.2 Å². The highest BCUT2D eigenvalue weighted by Crippen LogP contribution is 2.20. The lowest BCUT2D eigenvalue weighted by molar-refractivity contribution is -0.138. The summed E-state index contributed by atoms with van der Waals surface area (Å²) in [6.07, 6.45) is -4.36. The zero-order valence-corrected chi connectivity index (χ0v) is 15.9. The molecule has 0 bridgehead atoms. The maximum absolute atomic E-state index is 13.0. The van der Waals surface area contributed by atoms with Gasteiger partial charge >= 0.3 is 6.18 Å². The van der Waals surface area contributed by atoms with Crippen LogP contribution in [0.15, 0.2) is 48.5 Å². The minimum absolute atomic E-state index is 0.0396. The van der Waals surface area contributed by atoms with Crippen molar-refractivity contribution in [2.45, 2.75) is 19.3 Å². The fourth-order valence-electron chi connectivity index (χ4n) is 2.40. The first kappa shape index (κ1) is 20.8. The lowest BCUT2D eigenvalue weighted by Crippen LogP contribution is -2.43. The Morgan fingerprint density at radius 3 is 1.85 bits per heavy atom. The first-order valence-corrected chi connectivity index (χ1v) is 8.57. The van der Waals surface area contributed by atoms with Crippen LogP contribution in [0, 0.1) is 0 Å². The van der Waals surface area contributed by atoms with Crippen molar-refractivity contribution in [3.8, 4) is 11.5 Å². The van der Waals surface area contributed by atoms with E-state index in [9.17, 15) is 13.2 Å². The largest absolute Gasteiger partial charge is 0.497 e. The second kappa shape index (κ2) is 9.45. The van der Waals surface area contributed by atoms with Gasteiger partial charge in [-0.1, -0.05) is 24.3 Å². The van der Waals surface area contributed by atoms with Crippen molar-refractivity contribution in [3.05, 3.63) is 59.7 Å². The average Bonchev–Trinajstić information content (AvgIpc) is 2.65. The van der Waals surface area contributed by atoms with Crippen LogP contribution >= 0.6 is 12.2 Å². The number of halogens is 3. The number of hydrogen-bond acceptors (Lipinski definition) is 3. The van der Waals surface area contributed by atoms with E-state index in [1.54, 1.807) is 43.5 Å². The number of ether oxygens (including phenoxy) is 2. The molecule has 0 aliphatic carbocycles. The van der Waals surface area contributed by atoms with Gasteiger partial charge < -0.3 is 19.7 Å². The van der Waals surface area contributed by atoms with E-state index in [1.165, 1.54) is 7.11 Å². The predicted molar refractivity (Wildman–Crippen MR) is 102 cm³/mol. The van der Waals surface area contributed by atoms with E-state index in [0.717, 1.165) is 10.5 Å². The highest BCUT2D eigenvalue weighted by molar-refractivity contribution is 7.80. The van der Waals surface area contributed by atoms with Crippen LogP contribution in [-0.2, 0) is 13.1 Å². The second-order valence-corrected chi connectivity index (χ2v) is 6.21. The lowest BCUT2D eigenvalue weighted by Gasteiger charge is -2.27. The minimum Gasteiger partial charge on any atom is -0.497 e. The molecule has 0 aliphatic heterocycles. The molecule has 146 valence electrons. The summed E-state index contributed by atoms with van der Waals surface area (Å²) < 4.78 is 49.1. The van der Waals surface area contributed by atoms with Crippen molar-refractivity contribution in [3.63, 3.8) is 0 Å². The molecule has 0 unspecified atom stereocenters. The Bertz CT molecular complexity index is 734. The van der Waals surface area contributed by atoms with Crippen LogP contribution in [-0.4, -0.2) is 37.0 Å². The number of nitrogens with one attached hydrogen (secondary N) is 1. The van der Waals surface area contributed by atoms with Gasteiger partial charge in [0, 0.05) is 13.1 Å². The highest BCUT2D eigenvalue weighted by Gasteiger charge is 2.31. The van der Waals surface area contributed by atoms with Crippen molar-refractivity contribution in [1.29, 1.82) is 0 Å². The zero-order valence-electron chi connectivity index (χ0n) is 15.0. The molecule has 2 aromatic rings. The van der Waals surface area contributed by atoms with Crippen LogP contribution < -0.4 is 14.8 Å². The van der Waals surface area contributed by atoms with E-state index in [1.807, 2.05) is 12.1 Å². The first-order chi connectivity index (χ1) is 12.8. The predicted octanol–water partition coefficient (Wildman–Crippen LogP) is 4.14. The Kier molecular flexibility index (Phi) is 7.29. The van der Waals surface area contributed by atoms with E-state index >= 15 is 0 Å². The quantitative estimate of drug-likeness (QED) is 0.709. The van der Waals surface area contributed by atoms with Crippen molar-refractivity contribution < 1.29 is 22.6 Å². The summed E-state index contributed by atoms with van der Waals surface area (Å²) in [4.78, 5) is 1.10. The van der Waals surface area contributed by atoms with Crippen LogP contribution in [0.4, 0.5) is 13.2 Å². The second-order valence-electron chi connectivity index (χ2n) is 5.83. The van der Waals surface area contributed by atoms with Crippen molar-refractivity contribution >= 4 is 17.3 Å². The Hall–Kier alpha value is -2.48. The van der Waals surface area contributed by atoms with Crippen LogP contribution in [0.5, 0.6) is 11.5 Å². The van der Waals surface area contributed by atoms with Gasteiger partial charge in [-0.15, -0.1) is 0 Å². The molecule has 0 spiro atoms. The Morgan fingerprint density at radius 2 is 1.41 bits per heavy atom. The molecule has 0 fully saturated rings. The van der Waals surface area contributed by atoms with Crippen molar-refractivity contribution in [1.82, 2.24) is 10.2 Å². The monoisotopic (exact) mass is 398 g/mol. The summed E-state index contributed by atoms with van der Waals surface area (Å²) in [6.45, 7) is -0.773. The maximum atomic E-state index is 13.0. The summed E-state index contributed by atoms with van der Waals surface area (Å²) in [7, 11) is 3.10. The Balaban J connectivity index is 2.03. The molecule has 0 saturated heterocycles. The van der Waals surface area contributed by atoms with E-state index in [0.29, 0.717) is 23.6 Å². The molecule has 0 saturated carbocycles. The molecule has 2 rings (SSSR count). The van der Waals surface area contributed by atoms with Crippen LogP contribution in [0.2, 0.25) is 0 Å². The number of thiocarbonyl (C=S) groups is 1. The number of methoxy groups -OCH3 is 2. The summed E-state index contributed by atoms with van der Waals surface area (Å²) in [5.74, 6) is 1.35. The standard InChI is InChI=1S/C19H21F3N2O2S/c1-25-16-7-3-14(4-8-16)11-23-18(27)24(13-19(20,21)22)12-15-5-9-17(26-2)10-6-15/h3-10H,11-13H2,1-2H3,(H,23,27). The third-order valence-electron chi connectivity index (χ3n) is 3.79. The SMILES string of the molecule is COc1ccc(CNC(=S)N(Cc2ccc(OC)cc2)CC(F)(F)F)cc1. The summed E-state index contributed by atoms with van der Waals surface area (Å²) in [5.41, 5.74) is 1.59. The number of benzene rings is 2. The summed E-state index contributed by atoms with van der Waals surface area (Å²) in [6, 6.07) is 14.1. The molecule has 0 heterocycles. The normalized spacial score (nSPS) is 11.0. The Labute approximate surface area is 161 Å². The number of alkyl halides is 3. The molecule has 0 aliphatic rings. The van der Waals surface area contributed by atoms with E-state index in [4.69, 9.17) is 21.7 Å². The van der Waals surface area contributed by atoms with Gasteiger partial charge in [0.1, 0.15) is 18.0 Å². The number of rotatable bonds is 7. The minimum atomic E-state index is -4.36. The molecule has 0 radical (unpaired) electrons. The maximum Gasteiger partial charge on any atom is 0.406 e. The fraction of sp³-hybridized carbons (Fsp3) is 0.316. The highest BCUT2D eigenvalue weighted by atomic mass is 32.1. The van der Waals surface area contributed by atoms with Crippen molar-refractivity contribution in [2.75, 3.05) is 20.8 Å². The number of hydrogen-bond donors (Lipinski definition) is 1. The third kappa shape index (κ3) is 6.97. The molecule has 27 heavy (non-hydrogen) atoms. The third-order valence-corrected chi connectivity index (χ3v) is 4.20. The molecule has 1 N–H and O–H groups in total. The van der Waals surface area contributed by atoms with Crippen LogP contribution in [0.1, 0.15) is 11.1 Å². The van der Waals surface area contributed by atoms with Gasteiger partial charge in [0.15, 0.2) is 5.11 Å². The van der Waals surface area contributed by atoms with Crippen LogP contribution in [0.3, 0.4) is 0 Å². The molecule has 0 aromatic heterocycles. The molecule has 2 aromatic carbocycles. The van der Waals surface area contributed by atoms with Gasteiger partial charge in [0.2, 0.25) is 0 Å². The number of nitrogens with zero attached hydrogens (tertiary/aromatic N) is 1. The van der Waals surface area contributed by atoms with Gasteiger partial charge in [-0.05, 0) is 47.6 Å². The fourth-order valence-corrected chi connectivity index (χ4v) is 2.60. The topological polar surface area (TPSA) is 33.7 Å². The molecular formula is C19H21F3N2O2S. The van der Waals surface area contributed by atoms with Gasteiger partial charge in [-0.3, -0.25) is 0 Å². The van der Waals surface area contributed by atoms with Gasteiger partial charge in [0.25, 0.3) is 0 Å². The van der Waals surface area contributed by atoms with E-state index < -0.39 is 12.7 Å². The van der Waals surface area contributed by atoms with Crippen molar-refractivity contribution in [2.24, 2.45) is 0 Å². The smallest absolute Gasteiger partial charge is 0.406 e. The lowest BCUT2D eigenvalue weighted by atomic mass is 10.2. The van der Waals surface area contributed by atoms with E-state index in [2.05, 4.69) is 5.32 Å². The molecule has 0 amide bonds. The van der Waals surface area contributed by atoms with Gasteiger partial charge in [0.05, 0.1) is 14.2 Å². The molecule has 0 atom stereocenters. The summed E-state index contributed by atoms with van der Waals surface area (Å²) in [5, 5.41) is 2.93. The van der Waals surface area contributed by atoms with E-state index in [-0.39, 0.29) is 11.7 Å². The molecule has 4 nitrogen and oxygen atoms in total. The van der Waals surface area contributed by atoms with Gasteiger partial charge in [-0.25, -0.2) is 0 Å². The zero-order chi connectivity index (χ0) is 19.9. The first-order valence-electron chi connectivity index (χ1n) is 8.16. The average molecular weight is 398 g/mol.